The van der Waals surface area contributed by atoms with Crippen LogP contribution in [0.1, 0.15) is 73.6 Å². The second-order valence-corrected chi connectivity index (χ2v) is 11.5. The van der Waals surface area contributed by atoms with Crippen molar-refractivity contribution in [1.29, 1.82) is 0 Å². The third-order valence-corrected chi connectivity index (χ3v) is 8.52. The smallest absolute Gasteiger partial charge is 0.119 e. The number of hydrogen-bond donors (Lipinski definition) is 1. The first-order valence-electron chi connectivity index (χ1n) is 15.1. The molecule has 208 valence electrons. The highest BCUT2D eigenvalue weighted by atomic mass is 16.5. The third kappa shape index (κ3) is 7.79. The van der Waals surface area contributed by atoms with Crippen LogP contribution in [-0.4, -0.2) is 44.3 Å². The summed E-state index contributed by atoms with van der Waals surface area (Å²) >= 11 is 0. The number of benzene rings is 3. The highest BCUT2D eigenvalue weighted by molar-refractivity contribution is 5.54. The molecular weight excluding hydrogens is 480 g/mol. The molecule has 1 aliphatic carbocycles. The van der Waals surface area contributed by atoms with Crippen LogP contribution in [0.15, 0.2) is 66.7 Å². The fourth-order valence-corrected chi connectivity index (χ4v) is 6.36. The largest absolute Gasteiger partial charge is 0.497 e. The first-order valence-corrected chi connectivity index (χ1v) is 15.1. The quantitative estimate of drug-likeness (QED) is 0.275. The van der Waals surface area contributed by atoms with Crippen molar-refractivity contribution >= 4 is 5.69 Å². The van der Waals surface area contributed by atoms with Gasteiger partial charge in [-0.2, -0.15) is 0 Å². The van der Waals surface area contributed by atoms with Gasteiger partial charge in [-0.25, -0.2) is 0 Å². The Morgan fingerprint density at radius 2 is 1.64 bits per heavy atom. The zero-order valence-electron chi connectivity index (χ0n) is 24.0. The number of rotatable bonds is 10. The van der Waals surface area contributed by atoms with E-state index in [1.165, 1.54) is 79.6 Å². The summed E-state index contributed by atoms with van der Waals surface area (Å²) in [5.41, 5.74) is 6.98. The summed E-state index contributed by atoms with van der Waals surface area (Å²) in [6.45, 7) is 6.53. The van der Waals surface area contributed by atoms with Crippen LogP contribution in [0, 0.1) is 0 Å². The Labute approximate surface area is 235 Å². The SMILES string of the molecule is COc1ccc2c(c1)CCCC(c1ccccc1NC(C)Cc1ccc(OCCN3CCCCCC3)cc1)C2. The molecule has 1 fully saturated rings. The van der Waals surface area contributed by atoms with Gasteiger partial charge in [0.2, 0.25) is 0 Å². The number of anilines is 1. The van der Waals surface area contributed by atoms with Gasteiger partial charge in [-0.3, -0.25) is 4.90 Å². The monoisotopic (exact) mass is 526 g/mol. The van der Waals surface area contributed by atoms with Gasteiger partial charge in [0, 0.05) is 18.3 Å². The van der Waals surface area contributed by atoms with Gasteiger partial charge in [-0.1, -0.05) is 49.2 Å². The lowest BCUT2D eigenvalue weighted by atomic mass is 9.88. The molecule has 39 heavy (non-hydrogen) atoms. The average Bonchev–Trinajstić information content (AvgIpc) is 3.35. The van der Waals surface area contributed by atoms with Crippen LogP contribution in [0.5, 0.6) is 11.5 Å². The molecule has 0 amide bonds. The van der Waals surface area contributed by atoms with E-state index in [0.29, 0.717) is 12.0 Å². The van der Waals surface area contributed by atoms with E-state index in [9.17, 15) is 0 Å². The first kappa shape index (κ1) is 27.6. The highest BCUT2D eigenvalue weighted by Crippen LogP contribution is 2.36. The van der Waals surface area contributed by atoms with Crippen LogP contribution < -0.4 is 14.8 Å². The van der Waals surface area contributed by atoms with Gasteiger partial charge in [-0.05, 0) is 123 Å². The van der Waals surface area contributed by atoms with Crippen molar-refractivity contribution in [3.8, 4) is 11.5 Å². The molecule has 0 saturated carbocycles. The number of hydrogen-bond acceptors (Lipinski definition) is 4. The summed E-state index contributed by atoms with van der Waals surface area (Å²) in [4.78, 5) is 2.55. The van der Waals surface area contributed by atoms with E-state index in [1.807, 2.05) is 0 Å². The van der Waals surface area contributed by atoms with Gasteiger partial charge in [0.25, 0.3) is 0 Å². The second kappa shape index (κ2) is 13.9. The van der Waals surface area contributed by atoms with Crippen LogP contribution in [0.4, 0.5) is 5.69 Å². The molecule has 5 rings (SSSR count). The summed E-state index contributed by atoms with van der Waals surface area (Å²) in [6, 6.07) is 24.6. The van der Waals surface area contributed by atoms with Crippen molar-refractivity contribution in [1.82, 2.24) is 4.90 Å². The fourth-order valence-electron chi connectivity index (χ4n) is 6.36. The molecular formula is C35H46N2O2. The number of nitrogens with one attached hydrogen (secondary N) is 1. The Balaban J connectivity index is 1.15. The minimum Gasteiger partial charge on any atom is -0.497 e. The zero-order valence-corrected chi connectivity index (χ0v) is 24.0. The molecule has 0 aromatic heterocycles. The third-order valence-electron chi connectivity index (χ3n) is 8.52. The molecule has 1 N–H and O–H groups in total. The van der Waals surface area contributed by atoms with Crippen molar-refractivity contribution in [3.63, 3.8) is 0 Å². The standard InChI is InChI=1S/C35H46N2O2/c1-27(24-28-14-17-32(18-15-28)39-23-22-37-20-7-3-4-8-21-37)36-35-13-6-5-12-34(35)31-11-9-10-29-26-33(38-2)19-16-30(29)25-31/h5-6,12-19,26-27,31,36H,3-4,7-11,20-25H2,1-2H3. The topological polar surface area (TPSA) is 33.7 Å². The molecule has 2 aliphatic rings. The fraction of sp³-hybridized carbons (Fsp3) is 0.486. The van der Waals surface area contributed by atoms with Crippen LogP contribution in [0.2, 0.25) is 0 Å². The van der Waals surface area contributed by atoms with Crippen LogP contribution >= 0.6 is 0 Å². The van der Waals surface area contributed by atoms with E-state index >= 15 is 0 Å². The first-order chi connectivity index (χ1) is 19.2. The number of aryl methyl sites for hydroxylation is 1. The van der Waals surface area contributed by atoms with Crippen molar-refractivity contribution < 1.29 is 9.47 Å². The maximum absolute atomic E-state index is 6.07. The Morgan fingerprint density at radius 1 is 0.872 bits per heavy atom. The second-order valence-electron chi connectivity index (χ2n) is 11.5. The summed E-state index contributed by atoms with van der Waals surface area (Å²) in [7, 11) is 1.75. The van der Waals surface area contributed by atoms with E-state index in [4.69, 9.17) is 9.47 Å². The lowest BCUT2D eigenvalue weighted by molar-refractivity contribution is 0.214. The van der Waals surface area contributed by atoms with Crippen molar-refractivity contribution in [2.45, 2.75) is 76.7 Å². The van der Waals surface area contributed by atoms with Gasteiger partial charge in [0.15, 0.2) is 0 Å². The Bertz CT molecular complexity index is 1170. The normalized spacial score (nSPS) is 18.9. The lowest BCUT2D eigenvalue weighted by Gasteiger charge is -2.23. The number of nitrogens with zero attached hydrogens (tertiary/aromatic N) is 1. The number of likely N-dealkylation sites (tertiary alicyclic amines) is 1. The Hall–Kier alpha value is -2.98. The number of fused-ring (bicyclic) bond motifs is 1. The molecule has 0 radical (unpaired) electrons. The van der Waals surface area contributed by atoms with Crippen LogP contribution in [0.25, 0.3) is 0 Å². The van der Waals surface area contributed by atoms with Crippen molar-refractivity contribution in [2.24, 2.45) is 0 Å². The van der Waals surface area contributed by atoms with E-state index in [-0.39, 0.29) is 0 Å². The highest BCUT2D eigenvalue weighted by Gasteiger charge is 2.21. The minimum absolute atomic E-state index is 0.336. The zero-order chi connectivity index (χ0) is 26.9. The van der Waals surface area contributed by atoms with E-state index < -0.39 is 0 Å². The molecule has 0 spiro atoms. The van der Waals surface area contributed by atoms with Gasteiger partial charge in [0.1, 0.15) is 18.1 Å². The van der Waals surface area contributed by atoms with Gasteiger partial charge >= 0.3 is 0 Å². The predicted octanol–water partition coefficient (Wildman–Crippen LogP) is 7.66. The summed E-state index contributed by atoms with van der Waals surface area (Å²) in [5.74, 6) is 2.47. The van der Waals surface area contributed by atoms with E-state index in [1.54, 1.807) is 7.11 Å². The summed E-state index contributed by atoms with van der Waals surface area (Å²) < 4.78 is 11.5. The summed E-state index contributed by atoms with van der Waals surface area (Å²) in [6.07, 6.45) is 11.0. The van der Waals surface area contributed by atoms with Crippen molar-refractivity contribution in [2.75, 3.05) is 38.7 Å². The molecule has 1 heterocycles. The number of ether oxygens (including phenoxy) is 2. The van der Waals surface area contributed by atoms with Gasteiger partial charge < -0.3 is 14.8 Å². The maximum atomic E-state index is 6.07. The average molecular weight is 527 g/mol. The van der Waals surface area contributed by atoms with Crippen LogP contribution in [0.3, 0.4) is 0 Å². The van der Waals surface area contributed by atoms with Gasteiger partial charge in [-0.15, -0.1) is 0 Å². The molecule has 1 saturated heterocycles. The van der Waals surface area contributed by atoms with E-state index in [0.717, 1.165) is 43.9 Å². The molecule has 2 unspecified atom stereocenters. The maximum Gasteiger partial charge on any atom is 0.119 e. The molecule has 3 aromatic carbocycles. The minimum atomic E-state index is 0.336. The predicted molar refractivity (Wildman–Crippen MR) is 162 cm³/mol. The Morgan fingerprint density at radius 3 is 2.44 bits per heavy atom. The molecule has 4 heteroatoms. The van der Waals surface area contributed by atoms with Crippen molar-refractivity contribution in [3.05, 3.63) is 89.0 Å². The number of para-hydroxylation sites is 1. The van der Waals surface area contributed by atoms with Crippen LogP contribution in [-0.2, 0) is 19.3 Å². The molecule has 1 aliphatic heterocycles. The van der Waals surface area contributed by atoms with Gasteiger partial charge in [0.05, 0.1) is 7.11 Å². The molecule has 2 atom stereocenters. The van der Waals surface area contributed by atoms with E-state index in [2.05, 4.69) is 83.9 Å². The number of methoxy groups -OCH3 is 1. The molecule has 4 nitrogen and oxygen atoms in total. The Kier molecular flexibility index (Phi) is 9.82. The summed E-state index contributed by atoms with van der Waals surface area (Å²) in [5, 5.41) is 3.85. The lowest BCUT2D eigenvalue weighted by Crippen LogP contribution is -2.29. The molecule has 3 aromatic rings. The molecule has 0 bridgehead atoms.